The van der Waals surface area contributed by atoms with Crippen molar-refractivity contribution in [3.05, 3.63) is 94.5 Å². The molecule has 1 aliphatic heterocycles. The molecule has 1 aliphatic rings. The predicted octanol–water partition coefficient (Wildman–Crippen LogP) is 4.15. The SMILES string of the molecule is CN1CCCC1CCOc1cnc(-c2cccc(Cn3nc(-c4cccc(C#N)c4)ccc3=O)c2)nc1. The minimum Gasteiger partial charge on any atom is -0.490 e. The third-order valence-corrected chi connectivity index (χ3v) is 6.69. The van der Waals surface area contributed by atoms with Gasteiger partial charge in [0.1, 0.15) is 0 Å². The van der Waals surface area contributed by atoms with Crippen LogP contribution in [0, 0.1) is 11.3 Å². The van der Waals surface area contributed by atoms with Crippen LogP contribution in [-0.4, -0.2) is 50.9 Å². The maximum Gasteiger partial charge on any atom is 0.267 e. The molecule has 0 amide bonds. The van der Waals surface area contributed by atoms with E-state index in [1.165, 1.54) is 23.6 Å². The van der Waals surface area contributed by atoms with Crippen LogP contribution in [-0.2, 0) is 6.54 Å². The first-order chi connectivity index (χ1) is 18.1. The standard InChI is InChI=1S/C29H28N6O2/c1-34-13-4-9-25(34)12-14-37-26-18-31-29(32-19-26)24-8-3-6-22(16-24)20-35-28(36)11-10-27(33-35)23-7-2-5-21(15-23)17-30/h2-3,5-8,10-11,15-16,18-19,25H,4,9,12-14,20H2,1H3. The summed E-state index contributed by atoms with van der Waals surface area (Å²) in [5.74, 6) is 1.25. The van der Waals surface area contributed by atoms with Crippen LogP contribution < -0.4 is 10.3 Å². The molecule has 1 unspecified atom stereocenters. The summed E-state index contributed by atoms with van der Waals surface area (Å²) in [5, 5.41) is 13.7. The summed E-state index contributed by atoms with van der Waals surface area (Å²) in [6, 6.07) is 20.8. The van der Waals surface area contributed by atoms with Gasteiger partial charge in [0.25, 0.3) is 5.56 Å². The summed E-state index contributed by atoms with van der Waals surface area (Å²) >= 11 is 0. The normalized spacial score (nSPS) is 15.4. The first-order valence-corrected chi connectivity index (χ1v) is 12.4. The van der Waals surface area contributed by atoms with E-state index < -0.39 is 0 Å². The lowest BCUT2D eigenvalue weighted by atomic mass is 10.1. The van der Waals surface area contributed by atoms with Gasteiger partial charge in [-0.05, 0) is 62.7 Å². The van der Waals surface area contributed by atoms with Gasteiger partial charge in [0.2, 0.25) is 0 Å². The fraction of sp³-hybridized carbons (Fsp3) is 0.276. The number of nitriles is 1. The van der Waals surface area contributed by atoms with E-state index in [4.69, 9.17) is 4.74 Å². The van der Waals surface area contributed by atoms with E-state index >= 15 is 0 Å². The number of rotatable bonds is 8. The summed E-state index contributed by atoms with van der Waals surface area (Å²) in [6.07, 6.45) is 6.89. The molecule has 4 aromatic rings. The van der Waals surface area contributed by atoms with Crippen LogP contribution in [0.4, 0.5) is 0 Å². The zero-order valence-electron chi connectivity index (χ0n) is 20.7. The Morgan fingerprint density at radius 3 is 2.65 bits per heavy atom. The van der Waals surface area contributed by atoms with Crippen molar-refractivity contribution in [1.29, 1.82) is 5.26 Å². The molecule has 186 valence electrons. The van der Waals surface area contributed by atoms with Gasteiger partial charge in [0.15, 0.2) is 11.6 Å². The van der Waals surface area contributed by atoms with Gasteiger partial charge in [-0.1, -0.05) is 30.3 Å². The van der Waals surface area contributed by atoms with Gasteiger partial charge in [-0.3, -0.25) is 4.79 Å². The minimum absolute atomic E-state index is 0.202. The van der Waals surface area contributed by atoms with Crippen molar-refractivity contribution in [1.82, 2.24) is 24.6 Å². The maximum absolute atomic E-state index is 12.5. The van der Waals surface area contributed by atoms with E-state index in [0.29, 0.717) is 42.0 Å². The van der Waals surface area contributed by atoms with E-state index in [9.17, 15) is 10.1 Å². The molecule has 2 aromatic heterocycles. The fourth-order valence-electron chi connectivity index (χ4n) is 4.64. The molecule has 8 nitrogen and oxygen atoms in total. The molecular formula is C29H28N6O2. The van der Waals surface area contributed by atoms with Crippen LogP contribution in [0.2, 0.25) is 0 Å². The largest absolute Gasteiger partial charge is 0.490 e. The first kappa shape index (κ1) is 24.3. The van der Waals surface area contributed by atoms with Gasteiger partial charge in [-0.15, -0.1) is 0 Å². The first-order valence-electron chi connectivity index (χ1n) is 12.4. The summed E-state index contributed by atoms with van der Waals surface area (Å²) in [6.45, 7) is 2.11. The topological polar surface area (TPSA) is 96.9 Å². The van der Waals surface area contributed by atoms with Gasteiger partial charge in [-0.2, -0.15) is 10.4 Å². The second-order valence-electron chi connectivity index (χ2n) is 9.26. The molecule has 8 heteroatoms. The molecule has 3 heterocycles. The highest BCUT2D eigenvalue weighted by atomic mass is 16.5. The van der Waals surface area contributed by atoms with Crippen LogP contribution in [0.5, 0.6) is 5.75 Å². The zero-order valence-corrected chi connectivity index (χ0v) is 20.7. The molecule has 5 rings (SSSR count). The Morgan fingerprint density at radius 2 is 1.86 bits per heavy atom. The van der Waals surface area contributed by atoms with Crippen molar-refractivity contribution < 1.29 is 4.74 Å². The lowest BCUT2D eigenvalue weighted by Crippen LogP contribution is -2.26. The van der Waals surface area contributed by atoms with E-state index in [-0.39, 0.29) is 5.56 Å². The van der Waals surface area contributed by atoms with Crippen LogP contribution in [0.1, 0.15) is 30.4 Å². The number of hydrogen-bond donors (Lipinski definition) is 0. The highest BCUT2D eigenvalue weighted by Gasteiger charge is 2.20. The Hall–Kier alpha value is -4.35. The van der Waals surface area contributed by atoms with Gasteiger partial charge < -0.3 is 9.64 Å². The van der Waals surface area contributed by atoms with Crippen LogP contribution in [0.3, 0.4) is 0 Å². The van der Waals surface area contributed by atoms with E-state index in [0.717, 1.165) is 29.7 Å². The van der Waals surface area contributed by atoms with Crippen molar-refractivity contribution in [3.8, 4) is 34.5 Å². The Bertz CT molecular complexity index is 1470. The van der Waals surface area contributed by atoms with Gasteiger partial charge in [-0.25, -0.2) is 14.6 Å². The van der Waals surface area contributed by atoms with E-state index in [2.05, 4.69) is 33.1 Å². The number of likely N-dealkylation sites (tertiary alicyclic amines) is 1. The van der Waals surface area contributed by atoms with Crippen molar-refractivity contribution in [3.63, 3.8) is 0 Å². The molecule has 1 fully saturated rings. The third kappa shape index (κ3) is 5.90. The average molecular weight is 493 g/mol. The highest BCUT2D eigenvalue weighted by molar-refractivity contribution is 5.60. The van der Waals surface area contributed by atoms with E-state index in [1.54, 1.807) is 36.7 Å². The second kappa shape index (κ2) is 11.1. The van der Waals surface area contributed by atoms with Crippen LogP contribution in [0.15, 0.2) is 77.9 Å². The zero-order chi connectivity index (χ0) is 25.6. The lowest BCUT2D eigenvalue weighted by molar-refractivity contribution is 0.232. The molecule has 0 N–H and O–H groups in total. The number of aromatic nitrogens is 4. The molecule has 0 radical (unpaired) electrons. The third-order valence-electron chi connectivity index (χ3n) is 6.69. The molecule has 0 aliphatic carbocycles. The number of ether oxygens (including phenoxy) is 1. The number of benzene rings is 2. The monoisotopic (exact) mass is 492 g/mol. The Labute approximate surface area is 215 Å². The molecule has 1 saturated heterocycles. The summed E-state index contributed by atoms with van der Waals surface area (Å²) < 4.78 is 7.29. The van der Waals surface area contributed by atoms with Crippen LogP contribution in [0.25, 0.3) is 22.6 Å². The second-order valence-corrected chi connectivity index (χ2v) is 9.26. The molecule has 37 heavy (non-hydrogen) atoms. The van der Waals surface area contributed by atoms with E-state index in [1.807, 2.05) is 30.3 Å². The Kier molecular flexibility index (Phi) is 7.33. The van der Waals surface area contributed by atoms with Crippen LogP contribution >= 0.6 is 0 Å². The van der Waals surface area contributed by atoms with Gasteiger partial charge in [0, 0.05) is 23.2 Å². The average Bonchev–Trinajstić information content (AvgIpc) is 3.35. The quantitative estimate of drug-likeness (QED) is 0.364. The molecular weight excluding hydrogens is 464 g/mol. The minimum atomic E-state index is -0.202. The van der Waals surface area contributed by atoms with Crippen molar-refractivity contribution in [2.45, 2.75) is 31.8 Å². The Morgan fingerprint density at radius 1 is 1.05 bits per heavy atom. The fourth-order valence-corrected chi connectivity index (χ4v) is 4.64. The smallest absolute Gasteiger partial charge is 0.267 e. The Balaban J connectivity index is 1.27. The summed E-state index contributed by atoms with van der Waals surface area (Å²) in [4.78, 5) is 23.9. The summed E-state index contributed by atoms with van der Waals surface area (Å²) in [7, 11) is 2.17. The van der Waals surface area contributed by atoms with Gasteiger partial charge >= 0.3 is 0 Å². The number of hydrogen-bond acceptors (Lipinski definition) is 7. The molecule has 0 bridgehead atoms. The predicted molar refractivity (Wildman–Crippen MR) is 141 cm³/mol. The molecule has 1 atom stereocenters. The van der Waals surface area contributed by atoms with Crippen molar-refractivity contribution in [2.24, 2.45) is 0 Å². The maximum atomic E-state index is 12.5. The highest BCUT2D eigenvalue weighted by Crippen LogP contribution is 2.21. The number of nitrogens with zero attached hydrogens (tertiary/aromatic N) is 6. The van der Waals surface area contributed by atoms with Crippen molar-refractivity contribution >= 4 is 0 Å². The summed E-state index contributed by atoms with van der Waals surface area (Å²) in [5.41, 5.74) is 3.51. The lowest BCUT2D eigenvalue weighted by Gasteiger charge is -2.19. The molecule has 0 saturated carbocycles. The molecule has 0 spiro atoms. The van der Waals surface area contributed by atoms with Crippen molar-refractivity contribution in [2.75, 3.05) is 20.2 Å². The van der Waals surface area contributed by atoms with Gasteiger partial charge in [0.05, 0.1) is 42.9 Å². The molecule has 2 aromatic carbocycles.